The highest BCUT2D eigenvalue weighted by atomic mass is 16.6. The highest BCUT2D eigenvalue weighted by Crippen LogP contribution is 2.66. The van der Waals surface area contributed by atoms with Crippen molar-refractivity contribution in [3.63, 3.8) is 0 Å². The maximum atomic E-state index is 14.2. The number of fused-ring (bicyclic) bond motifs is 5. The second kappa shape index (κ2) is 9.46. The molecule has 0 aromatic heterocycles. The normalized spacial score (nSPS) is 43.8. The van der Waals surface area contributed by atoms with Crippen molar-refractivity contribution in [3.8, 4) is 0 Å². The predicted octanol–water partition coefficient (Wildman–Crippen LogP) is 2.91. The van der Waals surface area contributed by atoms with Crippen molar-refractivity contribution < 1.29 is 39.5 Å². The van der Waals surface area contributed by atoms with Gasteiger partial charge in [0.2, 0.25) is 0 Å². The summed E-state index contributed by atoms with van der Waals surface area (Å²) >= 11 is 0. The molecule has 3 fully saturated rings. The number of aliphatic hydroxyl groups excluding tert-OH is 3. The third-order valence-corrected chi connectivity index (χ3v) is 11.6. The quantitative estimate of drug-likeness (QED) is 0.329. The Labute approximate surface area is 236 Å². The van der Waals surface area contributed by atoms with Crippen molar-refractivity contribution in [3.05, 3.63) is 47.0 Å². The van der Waals surface area contributed by atoms with E-state index in [0.717, 1.165) is 5.56 Å². The minimum atomic E-state index is -1.60. The van der Waals surface area contributed by atoms with E-state index in [1.807, 2.05) is 58.0 Å². The lowest BCUT2D eigenvalue weighted by Crippen LogP contribution is -2.75. The Morgan fingerprint density at radius 1 is 1.12 bits per heavy atom. The SMILES string of the molecule is CC1=C2[C@@H](O)C(=O)[C@@]3(C)C([C@H](C)[C@](O)(C[C@@H]1OC(=O)[C@H](O)[C@@H](C)c1ccccc1)C2(C)C)[C@]1(C)CO[C@@H]1C[C@@H]3O. The van der Waals surface area contributed by atoms with Crippen molar-refractivity contribution in [1.29, 1.82) is 0 Å². The van der Waals surface area contributed by atoms with Gasteiger partial charge >= 0.3 is 5.97 Å². The Balaban J connectivity index is 1.57. The summed E-state index contributed by atoms with van der Waals surface area (Å²) in [4.78, 5) is 27.5. The first-order chi connectivity index (χ1) is 18.5. The number of ketones is 1. The first kappa shape index (κ1) is 29.4. The van der Waals surface area contributed by atoms with Gasteiger partial charge in [0.15, 0.2) is 11.9 Å². The Kier molecular flexibility index (Phi) is 6.95. The van der Waals surface area contributed by atoms with Crippen LogP contribution in [0.3, 0.4) is 0 Å². The van der Waals surface area contributed by atoms with E-state index in [1.54, 1.807) is 20.8 Å². The molecule has 4 N–H and O–H groups in total. The van der Waals surface area contributed by atoms with Gasteiger partial charge < -0.3 is 29.9 Å². The lowest BCUT2D eigenvalue weighted by atomic mass is 9.40. The van der Waals surface area contributed by atoms with E-state index < -0.39 is 75.8 Å². The zero-order valence-corrected chi connectivity index (χ0v) is 24.5. The number of carbonyl (C=O) groups is 2. The van der Waals surface area contributed by atoms with Gasteiger partial charge in [-0.25, -0.2) is 4.79 Å². The zero-order chi connectivity index (χ0) is 29.6. The van der Waals surface area contributed by atoms with Crippen molar-refractivity contribution in [2.24, 2.45) is 28.1 Å². The van der Waals surface area contributed by atoms with Crippen molar-refractivity contribution >= 4 is 11.8 Å². The van der Waals surface area contributed by atoms with Gasteiger partial charge in [0.1, 0.15) is 12.2 Å². The topological polar surface area (TPSA) is 134 Å². The van der Waals surface area contributed by atoms with E-state index in [-0.39, 0.29) is 18.9 Å². The molecule has 1 saturated heterocycles. The largest absolute Gasteiger partial charge is 0.456 e. The summed E-state index contributed by atoms with van der Waals surface area (Å²) < 4.78 is 11.7. The van der Waals surface area contributed by atoms with Gasteiger partial charge in [-0.15, -0.1) is 0 Å². The second-order valence-corrected chi connectivity index (χ2v) is 13.8. The van der Waals surface area contributed by atoms with Crippen molar-refractivity contribution in [2.75, 3.05) is 6.61 Å². The first-order valence-electron chi connectivity index (χ1n) is 14.4. The molecule has 1 aromatic rings. The number of hydrogen-bond donors (Lipinski definition) is 4. The summed E-state index contributed by atoms with van der Waals surface area (Å²) in [6.45, 7) is 13.1. The number of ether oxygens (including phenoxy) is 2. The van der Waals surface area contributed by atoms with E-state index in [2.05, 4.69) is 0 Å². The van der Waals surface area contributed by atoms with Crippen LogP contribution in [0.2, 0.25) is 0 Å². The molecule has 1 aliphatic heterocycles. The molecule has 1 aromatic carbocycles. The standard InChI is InChI=1S/C32H44O8/c1-16(19-11-9-8-10-12-19)24(34)28(37)40-20-14-32(38)18(3)26-30(6)15-39-22(30)13-21(33)31(26,7)27(36)25(35)23(17(20)2)29(32,4)5/h8-12,16,18,20-22,24-26,33-35,38H,13-15H2,1-7H3/t16-,18-,20-,21-,22+,24+,25+,26?,30+,31+,32+/m0/s1. The van der Waals surface area contributed by atoms with Gasteiger partial charge in [0.05, 0.1) is 29.8 Å². The van der Waals surface area contributed by atoms with E-state index in [1.165, 1.54) is 0 Å². The van der Waals surface area contributed by atoms with Gasteiger partial charge in [-0.3, -0.25) is 4.79 Å². The van der Waals surface area contributed by atoms with Crippen LogP contribution in [0.25, 0.3) is 0 Å². The smallest absolute Gasteiger partial charge is 0.336 e. The molecule has 2 bridgehead atoms. The minimum Gasteiger partial charge on any atom is -0.456 e. The highest BCUT2D eigenvalue weighted by Gasteiger charge is 2.72. The van der Waals surface area contributed by atoms with Crippen LogP contribution in [0.1, 0.15) is 72.8 Å². The fraction of sp³-hybridized carbons (Fsp3) is 0.688. The van der Waals surface area contributed by atoms with Gasteiger partial charge in [-0.1, -0.05) is 65.0 Å². The van der Waals surface area contributed by atoms with Crippen LogP contribution in [0.15, 0.2) is 41.5 Å². The third-order valence-electron chi connectivity index (χ3n) is 11.6. The fourth-order valence-corrected chi connectivity index (χ4v) is 8.93. The summed E-state index contributed by atoms with van der Waals surface area (Å²) in [5, 5.41) is 46.6. The van der Waals surface area contributed by atoms with Crippen LogP contribution in [-0.2, 0) is 19.1 Å². The molecule has 8 nitrogen and oxygen atoms in total. The number of aliphatic hydroxyl groups is 4. The van der Waals surface area contributed by atoms with Crippen LogP contribution in [0.4, 0.5) is 0 Å². The lowest BCUT2D eigenvalue weighted by molar-refractivity contribution is -0.302. The molecule has 0 radical (unpaired) electrons. The Hall–Kier alpha value is -2.10. The zero-order valence-electron chi connectivity index (χ0n) is 24.5. The molecule has 0 spiro atoms. The molecule has 8 heteroatoms. The predicted molar refractivity (Wildman–Crippen MR) is 147 cm³/mol. The monoisotopic (exact) mass is 556 g/mol. The van der Waals surface area contributed by atoms with Crippen LogP contribution in [0.5, 0.6) is 0 Å². The van der Waals surface area contributed by atoms with Crippen molar-refractivity contribution in [2.45, 2.75) is 103 Å². The maximum absolute atomic E-state index is 14.2. The number of Topliss-reactive ketones (excluding diaryl/α,β-unsaturated/α-hetero) is 1. The maximum Gasteiger partial charge on any atom is 0.336 e. The molecule has 40 heavy (non-hydrogen) atoms. The summed E-state index contributed by atoms with van der Waals surface area (Å²) in [5.41, 5.74) is -2.79. The summed E-state index contributed by atoms with van der Waals surface area (Å²) in [7, 11) is 0. The lowest BCUT2D eigenvalue weighted by Gasteiger charge is -2.68. The van der Waals surface area contributed by atoms with Crippen LogP contribution < -0.4 is 0 Å². The molecule has 1 unspecified atom stereocenters. The molecule has 1 heterocycles. The number of hydrogen-bond acceptors (Lipinski definition) is 8. The van der Waals surface area contributed by atoms with E-state index in [4.69, 9.17) is 9.47 Å². The molecular formula is C32H44O8. The summed E-state index contributed by atoms with van der Waals surface area (Å²) in [6, 6.07) is 9.18. The summed E-state index contributed by atoms with van der Waals surface area (Å²) in [5.74, 6) is -2.88. The second-order valence-electron chi connectivity index (χ2n) is 13.8. The van der Waals surface area contributed by atoms with Crippen LogP contribution in [-0.4, -0.2) is 74.9 Å². The third kappa shape index (κ3) is 3.76. The van der Waals surface area contributed by atoms with Crippen LogP contribution in [0, 0.1) is 28.1 Å². The molecule has 5 rings (SSSR count). The van der Waals surface area contributed by atoms with Gasteiger partial charge in [0, 0.05) is 29.6 Å². The Bertz CT molecular complexity index is 1220. The van der Waals surface area contributed by atoms with Gasteiger partial charge in [-0.05, 0) is 42.4 Å². The average molecular weight is 557 g/mol. The number of esters is 1. The molecular weight excluding hydrogens is 512 g/mol. The molecule has 4 aliphatic rings. The number of carbonyl (C=O) groups excluding carboxylic acids is 2. The minimum absolute atomic E-state index is 0.0276. The van der Waals surface area contributed by atoms with E-state index in [0.29, 0.717) is 17.8 Å². The highest BCUT2D eigenvalue weighted by molar-refractivity contribution is 5.93. The van der Waals surface area contributed by atoms with E-state index in [9.17, 15) is 30.0 Å². The van der Waals surface area contributed by atoms with E-state index >= 15 is 0 Å². The van der Waals surface area contributed by atoms with Crippen LogP contribution >= 0.6 is 0 Å². The van der Waals surface area contributed by atoms with Gasteiger partial charge in [-0.2, -0.15) is 0 Å². The number of rotatable bonds is 4. The molecule has 220 valence electrons. The Morgan fingerprint density at radius 2 is 1.75 bits per heavy atom. The molecule has 3 aliphatic carbocycles. The number of benzene rings is 1. The molecule has 11 atom stereocenters. The Morgan fingerprint density at radius 3 is 2.33 bits per heavy atom. The first-order valence-corrected chi connectivity index (χ1v) is 14.4. The average Bonchev–Trinajstić information content (AvgIpc) is 2.91. The summed E-state index contributed by atoms with van der Waals surface area (Å²) in [6.07, 6.45) is -5.00. The van der Waals surface area contributed by atoms with Gasteiger partial charge in [0.25, 0.3) is 0 Å². The molecule has 0 amide bonds. The van der Waals surface area contributed by atoms with Crippen molar-refractivity contribution in [1.82, 2.24) is 0 Å². The fourth-order valence-electron chi connectivity index (χ4n) is 8.93. The molecule has 2 saturated carbocycles.